The van der Waals surface area contributed by atoms with Crippen molar-refractivity contribution < 1.29 is 14.3 Å². The summed E-state index contributed by atoms with van der Waals surface area (Å²) >= 11 is 0. The van der Waals surface area contributed by atoms with Gasteiger partial charge in [-0.3, -0.25) is 0 Å². The molecule has 0 saturated heterocycles. The van der Waals surface area contributed by atoms with Gasteiger partial charge in [0, 0.05) is 13.1 Å². The molecule has 2 aromatic rings. The smallest absolute Gasteiger partial charge is 0.338 e. The summed E-state index contributed by atoms with van der Waals surface area (Å²) in [4.78, 5) is 24.3. The zero-order chi connectivity index (χ0) is 17.4. The quantitative estimate of drug-likeness (QED) is 0.713. The monoisotopic (exact) mass is 331 g/mol. The van der Waals surface area contributed by atoms with Crippen LogP contribution in [0.3, 0.4) is 0 Å². The van der Waals surface area contributed by atoms with Crippen molar-refractivity contribution >= 4 is 17.9 Å². The van der Waals surface area contributed by atoms with Crippen LogP contribution in [0.2, 0.25) is 0 Å². The number of esters is 1. The molecular weight excluding hydrogens is 310 g/mol. The predicted octanol–water partition coefficient (Wildman–Crippen LogP) is 2.70. The fourth-order valence-corrected chi connectivity index (χ4v) is 1.86. The van der Waals surface area contributed by atoms with Crippen molar-refractivity contribution in [1.29, 1.82) is 0 Å². The van der Waals surface area contributed by atoms with E-state index in [1.165, 1.54) is 0 Å². The fraction of sp³-hybridized carbons (Fsp3) is 0.375. The second kappa shape index (κ2) is 8.66. The molecule has 1 heterocycles. The Morgan fingerprint density at radius 1 is 0.958 bits per heavy atom. The summed E-state index contributed by atoms with van der Waals surface area (Å²) in [5.74, 6) is 1.01. The summed E-state index contributed by atoms with van der Waals surface area (Å²) < 4.78 is 10.6. The maximum atomic E-state index is 11.6. The van der Waals surface area contributed by atoms with Gasteiger partial charge >= 0.3 is 12.0 Å². The van der Waals surface area contributed by atoms with Gasteiger partial charge in [-0.25, -0.2) is 4.79 Å². The fourth-order valence-electron chi connectivity index (χ4n) is 1.86. The number of nitrogens with zero attached hydrogens (tertiary/aromatic N) is 3. The van der Waals surface area contributed by atoms with Crippen LogP contribution in [0.25, 0.3) is 0 Å². The number of rotatable bonds is 8. The number of carbonyl (C=O) groups is 1. The van der Waals surface area contributed by atoms with Crippen LogP contribution in [0, 0.1) is 0 Å². The first kappa shape index (κ1) is 17.5. The van der Waals surface area contributed by atoms with E-state index >= 15 is 0 Å². The first-order valence-electron chi connectivity index (χ1n) is 7.85. The Kier molecular flexibility index (Phi) is 6.30. The van der Waals surface area contributed by atoms with Crippen LogP contribution in [-0.2, 0) is 4.74 Å². The highest BCUT2D eigenvalue weighted by Gasteiger charge is 2.10. The van der Waals surface area contributed by atoms with Gasteiger partial charge in [0.15, 0.2) is 0 Å². The Hall–Kier alpha value is -2.90. The summed E-state index contributed by atoms with van der Waals surface area (Å²) in [6.07, 6.45) is 0. The third-order valence-corrected chi connectivity index (χ3v) is 2.86. The van der Waals surface area contributed by atoms with Gasteiger partial charge in [0.1, 0.15) is 5.75 Å². The average Bonchev–Trinajstić information content (AvgIpc) is 2.56. The SMILES string of the molecule is CCNc1nc(NCC)nc(Oc2ccc(C(=O)OCC)cc2)n1. The summed E-state index contributed by atoms with van der Waals surface area (Å²) in [7, 11) is 0. The summed E-state index contributed by atoms with van der Waals surface area (Å²) in [5.41, 5.74) is 0.460. The lowest BCUT2D eigenvalue weighted by molar-refractivity contribution is 0.0526. The van der Waals surface area contributed by atoms with Crippen molar-refractivity contribution in [3.05, 3.63) is 29.8 Å². The number of aromatic nitrogens is 3. The maximum absolute atomic E-state index is 11.6. The lowest BCUT2D eigenvalue weighted by atomic mass is 10.2. The number of anilines is 2. The number of nitrogens with one attached hydrogen (secondary N) is 2. The van der Waals surface area contributed by atoms with Gasteiger partial charge in [-0.2, -0.15) is 15.0 Å². The molecular formula is C16H21N5O3. The molecule has 0 radical (unpaired) electrons. The van der Waals surface area contributed by atoms with Gasteiger partial charge in [-0.05, 0) is 45.0 Å². The van der Waals surface area contributed by atoms with E-state index < -0.39 is 0 Å². The normalized spacial score (nSPS) is 10.1. The number of benzene rings is 1. The summed E-state index contributed by atoms with van der Waals surface area (Å²) in [6, 6.07) is 6.75. The zero-order valence-electron chi connectivity index (χ0n) is 14.0. The van der Waals surface area contributed by atoms with Gasteiger partial charge in [-0.1, -0.05) is 0 Å². The highest BCUT2D eigenvalue weighted by molar-refractivity contribution is 5.89. The Morgan fingerprint density at radius 2 is 1.54 bits per heavy atom. The number of ether oxygens (including phenoxy) is 2. The first-order valence-corrected chi connectivity index (χ1v) is 7.85. The van der Waals surface area contributed by atoms with Crippen molar-refractivity contribution in [2.45, 2.75) is 20.8 Å². The van der Waals surface area contributed by atoms with Crippen LogP contribution in [0.1, 0.15) is 31.1 Å². The molecule has 0 saturated carbocycles. The van der Waals surface area contributed by atoms with E-state index in [-0.39, 0.29) is 12.0 Å². The lowest BCUT2D eigenvalue weighted by Crippen LogP contribution is -2.09. The lowest BCUT2D eigenvalue weighted by Gasteiger charge is -2.09. The summed E-state index contributed by atoms with van der Waals surface area (Å²) in [5, 5.41) is 6.05. The molecule has 0 spiro atoms. The molecule has 24 heavy (non-hydrogen) atoms. The molecule has 8 nitrogen and oxygen atoms in total. The molecule has 0 bridgehead atoms. The Bertz CT molecular complexity index is 652. The van der Waals surface area contributed by atoms with E-state index in [0.29, 0.717) is 42.9 Å². The minimum Gasteiger partial charge on any atom is -0.462 e. The van der Waals surface area contributed by atoms with E-state index in [0.717, 1.165) is 0 Å². The molecule has 2 N–H and O–H groups in total. The van der Waals surface area contributed by atoms with E-state index in [2.05, 4.69) is 25.6 Å². The third-order valence-electron chi connectivity index (χ3n) is 2.86. The zero-order valence-corrected chi connectivity index (χ0v) is 14.0. The second-order valence-corrected chi connectivity index (χ2v) is 4.67. The van der Waals surface area contributed by atoms with E-state index in [9.17, 15) is 4.79 Å². The van der Waals surface area contributed by atoms with Crippen molar-refractivity contribution in [3.63, 3.8) is 0 Å². The molecule has 2 rings (SSSR count). The molecule has 0 aliphatic carbocycles. The second-order valence-electron chi connectivity index (χ2n) is 4.67. The molecule has 0 fully saturated rings. The molecule has 0 amide bonds. The molecule has 0 aliphatic rings. The van der Waals surface area contributed by atoms with Crippen molar-refractivity contribution in [2.75, 3.05) is 30.3 Å². The molecule has 1 aromatic heterocycles. The third kappa shape index (κ3) is 4.80. The molecule has 0 atom stereocenters. The number of carbonyl (C=O) groups excluding carboxylic acids is 1. The molecule has 1 aromatic carbocycles. The van der Waals surface area contributed by atoms with Crippen LogP contribution >= 0.6 is 0 Å². The van der Waals surface area contributed by atoms with Gasteiger partial charge in [0.2, 0.25) is 11.9 Å². The highest BCUT2D eigenvalue weighted by Crippen LogP contribution is 2.20. The first-order chi connectivity index (χ1) is 11.7. The highest BCUT2D eigenvalue weighted by atomic mass is 16.5. The standard InChI is InChI=1S/C16H21N5O3/c1-4-17-14-19-15(18-5-2)21-16(20-14)24-12-9-7-11(8-10-12)13(22)23-6-3/h7-10H,4-6H2,1-3H3,(H2,17,18,19,20,21). The largest absolute Gasteiger partial charge is 0.462 e. The van der Waals surface area contributed by atoms with Gasteiger partial charge in [-0.15, -0.1) is 0 Å². The Labute approximate surface area is 140 Å². The van der Waals surface area contributed by atoms with E-state index in [1.54, 1.807) is 31.2 Å². The van der Waals surface area contributed by atoms with Crippen LogP contribution < -0.4 is 15.4 Å². The minimum atomic E-state index is -0.368. The van der Waals surface area contributed by atoms with Crippen LogP contribution in [0.5, 0.6) is 11.8 Å². The molecule has 128 valence electrons. The van der Waals surface area contributed by atoms with Crippen LogP contribution in [0.4, 0.5) is 11.9 Å². The molecule has 0 unspecified atom stereocenters. The van der Waals surface area contributed by atoms with Crippen molar-refractivity contribution in [2.24, 2.45) is 0 Å². The van der Waals surface area contributed by atoms with E-state index in [1.807, 2.05) is 13.8 Å². The topological polar surface area (TPSA) is 98.3 Å². The van der Waals surface area contributed by atoms with Crippen molar-refractivity contribution in [3.8, 4) is 11.8 Å². The van der Waals surface area contributed by atoms with Crippen LogP contribution in [0.15, 0.2) is 24.3 Å². The molecule has 0 aliphatic heterocycles. The Morgan fingerprint density at radius 3 is 2.04 bits per heavy atom. The van der Waals surface area contributed by atoms with Gasteiger partial charge in [0.25, 0.3) is 0 Å². The number of hydrogen-bond acceptors (Lipinski definition) is 8. The van der Waals surface area contributed by atoms with E-state index in [4.69, 9.17) is 9.47 Å². The van der Waals surface area contributed by atoms with Crippen molar-refractivity contribution in [1.82, 2.24) is 15.0 Å². The Balaban J connectivity index is 2.15. The van der Waals surface area contributed by atoms with Crippen LogP contribution in [-0.4, -0.2) is 40.6 Å². The molecule has 8 heteroatoms. The number of hydrogen-bond donors (Lipinski definition) is 2. The summed E-state index contributed by atoms with van der Waals surface area (Å²) in [6.45, 7) is 7.37. The van der Waals surface area contributed by atoms with Gasteiger partial charge < -0.3 is 20.1 Å². The predicted molar refractivity (Wildman–Crippen MR) is 90.6 cm³/mol. The average molecular weight is 331 g/mol. The minimum absolute atomic E-state index is 0.167. The maximum Gasteiger partial charge on any atom is 0.338 e. The van der Waals surface area contributed by atoms with Gasteiger partial charge in [0.05, 0.1) is 12.2 Å².